The molecule has 2 aromatic rings. The Bertz CT molecular complexity index is 662. The highest BCUT2D eigenvalue weighted by Gasteiger charge is 2.06. The van der Waals surface area contributed by atoms with Gasteiger partial charge >= 0.3 is 6.03 Å². The minimum Gasteiger partial charge on any atom is -0.350 e. The number of nitrogens with one attached hydrogen (secondary N) is 3. The largest absolute Gasteiger partial charge is 0.350 e. The first-order valence-corrected chi connectivity index (χ1v) is 7.21. The fraction of sp³-hybridized carbons (Fsp3) is 0.176. The average molecular weight is 315 g/mol. The molecule has 5 nitrogen and oxygen atoms in total. The molecule has 0 bridgehead atoms. The predicted molar refractivity (Wildman–Crippen MR) is 84.9 cm³/mol. The Kier molecular flexibility index (Phi) is 6.11. The molecule has 0 aliphatic carbocycles. The lowest BCUT2D eigenvalue weighted by Gasteiger charge is -2.09. The van der Waals surface area contributed by atoms with Crippen LogP contribution in [0.3, 0.4) is 0 Å². The molecule has 0 fully saturated rings. The number of benzene rings is 2. The molecule has 0 heterocycles. The number of carbonyl (C=O) groups excluding carboxylic acids is 2. The molecule has 0 radical (unpaired) electrons. The van der Waals surface area contributed by atoms with Gasteiger partial charge in [-0.25, -0.2) is 9.18 Å². The molecule has 0 spiro atoms. The SMILES string of the molecule is O=C(CNC(=O)NCc1ccccc1)NCc1ccccc1F. The maximum atomic E-state index is 13.4. The van der Waals surface area contributed by atoms with Crippen molar-refractivity contribution in [2.75, 3.05) is 6.54 Å². The lowest BCUT2D eigenvalue weighted by atomic mass is 10.2. The van der Waals surface area contributed by atoms with E-state index in [-0.39, 0.29) is 24.8 Å². The molecule has 0 aliphatic heterocycles. The highest BCUT2D eigenvalue weighted by molar-refractivity contribution is 5.83. The molecule has 3 N–H and O–H groups in total. The van der Waals surface area contributed by atoms with E-state index in [9.17, 15) is 14.0 Å². The molecule has 2 aromatic carbocycles. The van der Waals surface area contributed by atoms with Crippen LogP contribution in [-0.2, 0) is 17.9 Å². The van der Waals surface area contributed by atoms with Gasteiger partial charge in [0.1, 0.15) is 5.82 Å². The highest BCUT2D eigenvalue weighted by Crippen LogP contribution is 2.05. The van der Waals surface area contributed by atoms with E-state index < -0.39 is 6.03 Å². The molecule has 0 saturated carbocycles. The van der Waals surface area contributed by atoms with Gasteiger partial charge in [-0.3, -0.25) is 4.79 Å². The van der Waals surface area contributed by atoms with Crippen molar-refractivity contribution >= 4 is 11.9 Å². The van der Waals surface area contributed by atoms with Crippen LogP contribution in [0.25, 0.3) is 0 Å². The summed E-state index contributed by atoms with van der Waals surface area (Å²) in [6, 6.07) is 15.2. The number of rotatable bonds is 6. The van der Waals surface area contributed by atoms with E-state index in [1.807, 2.05) is 30.3 Å². The summed E-state index contributed by atoms with van der Waals surface area (Å²) in [6.45, 7) is 0.289. The van der Waals surface area contributed by atoms with E-state index in [2.05, 4.69) is 16.0 Å². The number of hydrogen-bond donors (Lipinski definition) is 3. The summed E-state index contributed by atoms with van der Waals surface area (Å²) in [4.78, 5) is 23.2. The van der Waals surface area contributed by atoms with Crippen LogP contribution < -0.4 is 16.0 Å². The summed E-state index contributed by atoms with van der Waals surface area (Å²) in [5.41, 5.74) is 1.36. The van der Waals surface area contributed by atoms with Gasteiger partial charge in [-0.05, 0) is 11.6 Å². The van der Waals surface area contributed by atoms with Crippen LogP contribution in [0.1, 0.15) is 11.1 Å². The van der Waals surface area contributed by atoms with E-state index in [1.165, 1.54) is 6.07 Å². The van der Waals surface area contributed by atoms with Crippen LogP contribution in [0.2, 0.25) is 0 Å². The van der Waals surface area contributed by atoms with E-state index in [0.717, 1.165) is 5.56 Å². The zero-order valence-electron chi connectivity index (χ0n) is 12.5. The summed E-state index contributed by atoms with van der Waals surface area (Å²) >= 11 is 0. The number of hydrogen-bond acceptors (Lipinski definition) is 2. The van der Waals surface area contributed by atoms with Crippen LogP contribution in [-0.4, -0.2) is 18.5 Å². The Morgan fingerprint density at radius 3 is 2.26 bits per heavy atom. The molecular formula is C17H18FN3O2. The Morgan fingerprint density at radius 2 is 1.52 bits per heavy atom. The zero-order chi connectivity index (χ0) is 16.5. The maximum absolute atomic E-state index is 13.4. The lowest BCUT2D eigenvalue weighted by Crippen LogP contribution is -2.41. The molecule has 0 saturated heterocycles. The van der Waals surface area contributed by atoms with E-state index in [4.69, 9.17) is 0 Å². The van der Waals surface area contributed by atoms with Gasteiger partial charge in [0.25, 0.3) is 0 Å². The van der Waals surface area contributed by atoms with Crippen molar-refractivity contribution in [1.82, 2.24) is 16.0 Å². The van der Waals surface area contributed by atoms with Crippen LogP contribution in [0.15, 0.2) is 54.6 Å². The van der Waals surface area contributed by atoms with Gasteiger partial charge in [0.05, 0.1) is 6.54 Å². The van der Waals surface area contributed by atoms with Crippen LogP contribution in [0.4, 0.5) is 9.18 Å². The van der Waals surface area contributed by atoms with Crippen molar-refractivity contribution in [3.63, 3.8) is 0 Å². The van der Waals surface area contributed by atoms with Crippen molar-refractivity contribution in [3.05, 3.63) is 71.5 Å². The van der Waals surface area contributed by atoms with Crippen LogP contribution >= 0.6 is 0 Å². The zero-order valence-corrected chi connectivity index (χ0v) is 12.5. The smallest absolute Gasteiger partial charge is 0.315 e. The lowest BCUT2D eigenvalue weighted by molar-refractivity contribution is -0.120. The monoisotopic (exact) mass is 315 g/mol. The second-order valence-electron chi connectivity index (χ2n) is 4.89. The third kappa shape index (κ3) is 5.78. The Labute approximate surface area is 133 Å². The molecule has 6 heteroatoms. The Morgan fingerprint density at radius 1 is 0.826 bits per heavy atom. The van der Waals surface area contributed by atoms with Gasteiger partial charge in [-0.2, -0.15) is 0 Å². The summed E-state index contributed by atoms with van der Waals surface area (Å²) in [6.07, 6.45) is 0. The third-order valence-electron chi connectivity index (χ3n) is 3.14. The van der Waals surface area contributed by atoms with Crippen LogP contribution in [0.5, 0.6) is 0 Å². The van der Waals surface area contributed by atoms with Gasteiger partial charge in [-0.1, -0.05) is 48.5 Å². The van der Waals surface area contributed by atoms with Gasteiger partial charge in [-0.15, -0.1) is 0 Å². The Balaban J connectivity index is 1.66. The molecule has 2 rings (SSSR count). The van der Waals surface area contributed by atoms with Crippen LogP contribution in [0, 0.1) is 5.82 Å². The molecule has 3 amide bonds. The van der Waals surface area contributed by atoms with Crippen molar-refractivity contribution < 1.29 is 14.0 Å². The standard InChI is InChI=1S/C17H18FN3O2/c18-15-9-5-4-8-14(15)11-19-16(22)12-21-17(23)20-10-13-6-2-1-3-7-13/h1-9H,10-12H2,(H,19,22)(H2,20,21,23). The molecular weight excluding hydrogens is 297 g/mol. The number of carbonyl (C=O) groups is 2. The maximum Gasteiger partial charge on any atom is 0.315 e. The number of amides is 3. The molecule has 23 heavy (non-hydrogen) atoms. The summed E-state index contributed by atoms with van der Waals surface area (Å²) in [5, 5.41) is 7.64. The van der Waals surface area contributed by atoms with Crippen molar-refractivity contribution in [2.24, 2.45) is 0 Å². The molecule has 0 unspecified atom stereocenters. The second-order valence-corrected chi connectivity index (χ2v) is 4.89. The molecule has 0 aliphatic rings. The molecule has 120 valence electrons. The van der Waals surface area contributed by atoms with Crippen molar-refractivity contribution in [2.45, 2.75) is 13.1 Å². The average Bonchev–Trinajstić information content (AvgIpc) is 2.58. The summed E-state index contributed by atoms with van der Waals surface area (Å²) in [7, 11) is 0. The predicted octanol–water partition coefficient (Wildman–Crippen LogP) is 1.94. The quantitative estimate of drug-likeness (QED) is 0.762. The summed E-state index contributed by atoms with van der Waals surface area (Å²) in [5.74, 6) is -0.760. The van der Waals surface area contributed by atoms with E-state index in [1.54, 1.807) is 18.2 Å². The Hall–Kier alpha value is -2.89. The molecule has 0 aromatic heterocycles. The van der Waals surface area contributed by atoms with Gasteiger partial charge in [0.15, 0.2) is 0 Å². The van der Waals surface area contributed by atoms with Gasteiger partial charge < -0.3 is 16.0 Å². The highest BCUT2D eigenvalue weighted by atomic mass is 19.1. The third-order valence-corrected chi connectivity index (χ3v) is 3.14. The fourth-order valence-corrected chi connectivity index (χ4v) is 1.90. The molecule has 0 atom stereocenters. The first-order chi connectivity index (χ1) is 11.1. The normalized spacial score (nSPS) is 9.96. The van der Waals surface area contributed by atoms with Gasteiger partial charge in [0.2, 0.25) is 5.91 Å². The number of halogens is 1. The van der Waals surface area contributed by atoms with Crippen molar-refractivity contribution in [1.29, 1.82) is 0 Å². The number of urea groups is 1. The minimum atomic E-state index is -0.435. The fourth-order valence-electron chi connectivity index (χ4n) is 1.90. The van der Waals surface area contributed by atoms with Crippen molar-refractivity contribution in [3.8, 4) is 0 Å². The van der Waals surface area contributed by atoms with Gasteiger partial charge in [0, 0.05) is 18.7 Å². The first kappa shape index (κ1) is 16.5. The summed E-state index contributed by atoms with van der Waals surface area (Å²) < 4.78 is 13.4. The second kappa shape index (κ2) is 8.53. The van der Waals surface area contributed by atoms with E-state index in [0.29, 0.717) is 12.1 Å². The first-order valence-electron chi connectivity index (χ1n) is 7.21. The van der Waals surface area contributed by atoms with E-state index >= 15 is 0 Å². The topological polar surface area (TPSA) is 70.2 Å². The minimum absolute atomic E-state index is 0.0822.